The van der Waals surface area contributed by atoms with Crippen LogP contribution in [0, 0.1) is 0 Å². The van der Waals surface area contributed by atoms with Crippen molar-refractivity contribution in [3.05, 3.63) is 83.9 Å². The molecule has 1 amide bonds. The highest BCUT2D eigenvalue weighted by molar-refractivity contribution is 6.06. The van der Waals surface area contributed by atoms with E-state index in [1.807, 2.05) is 56.3 Å². The number of nitrogens with one attached hydrogen (secondary N) is 1. The summed E-state index contributed by atoms with van der Waals surface area (Å²) in [7, 11) is 0. The molecule has 1 N–H and O–H groups in total. The van der Waals surface area contributed by atoms with Crippen LogP contribution in [0.25, 0.3) is 0 Å². The molecule has 0 fully saturated rings. The molecule has 162 valence electrons. The molecular weight excluding hydrogens is 390 g/mol. The number of carbonyl (C=O) groups excluding carboxylic acids is 1. The van der Waals surface area contributed by atoms with Crippen LogP contribution in [0.3, 0.4) is 0 Å². The number of hydrogen-bond donors (Lipinski definition) is 1. The van der Waals surface area contributed by atoms with Crippen LogP contribution in [0.15, 0.2) is 72.8 Å². The zero-order valence-electron chi connectivity index (χ0n) is 18.1. The Morgan fingerprint density at radius 2 is 1.52 bits per heavy atom. The van der Waals surface area contributed by atoms with Crippen LogP contribution in [-0.4, -0.2) is 25.7 Å². The van der Waals surface area contributed by atoms with Gasteiger partial charge in [-0.1, -0.05) is 30.3 Å². The molecular formula is C26H29NO4. The first-order valence-corrected chi connectivity index (χ1v) is 10.7. The third-order valence-corrected chi connectivity index (χ3v) is 4.64. The van der Waals surface area contributed by atoms with E-state index in [0.717, 1.165) is 18.6 Å². The van der Waals surface area contributed by atoms with E-state index in [-0.39, 0.29) is 5.91 Å². The van der Waals surface area contributed by atoms with Crippen molar-refractivity contribution in [2.24, 2.45) is 0 Å². The average molecular weight is 420 g/mol. The number of hydrogen-bond acceptors (Lipinski definition) is 4. The van der Waals surface area contributed by atoms with E-state index in [2.05, 4.69) is 17.4 Å². The number of carbonyl (C=O) groups is 1. The molecule has 5 nitrogen and oxygen atoms in total. The Balaban J connectivity index is 1.53. The number of rotatable bonds is 11. The molecule has 3 rings (SSSR count). The quantitative estimate of drug-likeness (QED) is 0.402. The van der Waals surface area contributed by atoms with Crippen LogP contribution in [0.2, 0.25) is 0 Å². The maximum atomic E-state index is 12.7. The van der Waals surface area contributed by atoms with Gasteiger partial charge in [0.15, 0.2) is 0 Å². The van der Waals surface area contributed by atoms with Gasteiger partial charge in [0.1, 0.15) is 17.2 Å². The molecule has 0 aliphatic heterocycles. The fourth-order valence-electron chi connectivity index (χ4n) is 3.17. The van der Waals surface area contributed by atoms with Crippen LogP contribution in [0.4, 0.5) is 5.69 Å². The predicted octanol–water partition coefficient (Wildman–Crippen LogP) is 5.75. The summed E-state index contributed by atoms with van der Waals surface area (Å²) in [5.41, 5.74) is 2.47. The Labute approximate surface area is 184 Å². The molecule has 0 unspecified atom stereocenters. The van der Waals surface area contributed by atoms with E-state index in [1.54, 1.807) is 18.2 Å². The van der Waals surface area contributed by atoms with E-state index in [1.165, 1.54) is 5.56 Å². The number of benzene rings is 3. The standard InChI is InChI=1S/C26H29NO4/c1-3-29-23-16-17-24(25(19-23)30-4-2)26(28)27-21-12-14-22(15-13-21)31-18-8-11-20-9-6-5-7-10-20/h5-7,9-10,12-17,19H,3-4,8,11,18H2,1-2H3,(H,27,28). The fraction of sp³-hybridized carbons (Fsp3) is 0.269. The SMILES string of the molecule is CCOc1ccc(C(=O)Nc2ccc(OCCCc3ccccc3)cc2)c(OCC)c1. The minimum Gasteiger partial charge on any atom is -0.494 e. The molecule has 31 heavy (non-hydrogen) atoms. The highest BCUT2D eigenvalue weighted by atomic mass is 16.5. The lowest BCUT2D eigenvalue weighted by molar-refractivity contribution is 0.102. The molecule has 0 saturated carbocycles. The van der Waals surface area contributed by atoms with E-state index >= 15 is 0 Å². The second-order valence-electron chi connectivity index (χ2n) is 6.94. The van der Waals surface area contributed by atoms with Crippen molar-refractivity contribution in [1.82, 2.24) is 0 Å². The van der Waals surface area contributed by atoms with Crippen LogP contribution < -0.4 is 19.5 Å². The maximum absolute atomic E-state index is 12.7. The Hall–Kier alpha value is -3.47. The van der Waals surface area contributed by atoms with Crippen LogP contribution in [-0.2, 0) is 6.42 Å². The number of aryl methyl sites for hydroxylation is 1. The van der Waals surface area contributed by atoms with Gasteiger partial charge >= 0.3 is 0 Å². The van der Waals surface area contributed by atoms with E-state index in [0.29, 0.717) is 42.6 Å². The van der Waals surface area contributed by atoms with Crippen molar-refractivity contribution >= 4 is 11.6 Å². The zero-order chi connectivity index (χ0) is 21.9. The lowest BCUT2D eigenvalue weighted by Crippen LogP contribution is -2.14. The maximum Gasteiger partial charge on any atom is 0.259 e. The van der Waals surface area contributed by atoms with Gasteiger partial charge in [-0.3, -0.25) is 4.79 Å². The summed E-state index contributed by atoms with van der Waals surface area (Å²) >= 11 is 0. The smallest absolute Gasteiger partial charge is 0.259 e. The lowest BCUT2D eigenvalue weighted by Gasteiger charge is -2.13. The molecule has 3 aromatic rings. The third kappa shape index (κ3) is 6.78. The summed E-state index contributed by atoms with van der Waals surface area (Å²) in [5, 5.41) is 2.91. The van der Waals surface area contributed by atoms with Crippen molar-refractivity contribution < 1.29 is 19.0 Å². The summed E-state index contributed by atoms with van der Waals surface area (Å²) in [6.07, 6.45) is 1.93. The zero-order valence-corrected chi connectivity index (χ0v) is 18.1. The molecule has 0 bridgehead atoms. The Kier molecular flexibility index (Phi) is 8.35. The van der Waals surface area contributed by atoms with Crippen LogP contribution in [0.5, 0.6) is 17.2 Å². The van der Waals surface area contributed by atoms with Crippen molar-refractivity contribution in [3.8, 4) is 17.2 Å². The molecule has 0 aliphatic rings. The molecule has 0 spiro atoms. The molecule has 0 aliphatic carbocycles. The molecule has 0 saturated heterocycles. The second kappa shape index (κ2) is 11.6. The normalized spacial score (nSPS) is 10.4. The molecule has 3 aromatic carbocycles. The van der Waals surface area contributed by atoms with Gasteiger partial charge in [0.25, 0.3) is 5.91 Å². The van der Waals surface area contributed by atoms with Gasteiger partial charge in [0, 0.05) is 11.8 Å². The average Bonchev–Trinajstić information content (AvgIpc) is 2.79. The molecule has 5 heteroatoms. The first-order chi connectivity index (χ1) is 15.2. The largest absolute Gasteiger partial charge is 0.494 e. The van der Waals surface area contributed by atoms with Gasteiger partial charge in [-0.15, -0.1) is 0 Å². The highest BCUT2D eigenvalue weighted by Gasteiger charge is 2.14. The Morgan fingerprint density at radius 3 is 2.23 bits per heavy atom. The second-order valence-corrected chi connectivity index (χ2v) is 6.94. The first-order valence-electron chi connectivity index (χ1n) is 10.7. The van der Waals surface area contributed by atoms with Crippen LogP contribution in [0.1, 0.15) is 36.2 Å². The van der Waals surface area contributed by atoms with E-state index < -0.39 is 0 Å². The van der Waals surface area contributed by atoms with Gasteiger partial charge in [-0.2, -0.15) is 0 Å². The van der Waals surface area contributed by atoms with Gasteiger partial charge in [-0.05, 0) is 68.7 Å². The van der Waals surface area contributed by atoms with Gasteiger partial charge in [0.05, 0.1) is 25.4 Å². The lowest BCUT2D eigenvalue weighted by atomic mass is 10.1. The number of amides is 1. The minimum atomic E-state index is -0.233. The first kappa shape index (κ1) is 22.2. The van der Waals surface area contributed by atoms with Gasteiger partial charge < -0.3 is 19.5 Å². The summed E-state index contributed by atoms with van der Waals surface area (Å²) in [6.45, 7) is 5.46. The fourth-order valence-corrected chi connectivity index (χ4v) is 3.17. The van der Waals surface area contributed by atoms with Crippen LogP contribution >= 0.6 is 0 Å². The topological polar surface area (TPSA) is 56.8 Å². The Morgan fingerprint density at radius 1 is 0.806 bits per heavy atom. The van der Waals surface area contributed by atoms with E-state index in [4.69, 9.17) is 14.2 Å². The molecule has 0 atom stereocenters. The minimum absolute atomic E-state index is 0.233. The van der Waals surface area contributed by atoms with E-state index in [9.17, 15) is 4.79 Å². The molecule has 0 heterocycles. The van der Waals surface area contributed by atoms with Gasteiger partial charge in [0.2, 0.25) is 0 Å². The summed E-state index contributed by atoms with van der Waals surface area (Å²) < 4.78 is 16.9. The number of ether oxygens (including phenoxy) is 3. The summed E-state index contributed by atoms with van der Waals surface area (Å²) in [5.74, 6) is 1.73. The predicted molar refractivity (Wildman–Crippen MR) is 123 cm³/mol. The van der Waals surface area contributed by atoms with Crippen molar-refractivity contribution in [2.45, 2.75) is 26.7 Å². The van der Waals surface area contributed by atoms with Gasteiger partial charge in [-0.25, -0.2) is 0 Å². The summed E-state index contributed by atoms with van der Waals surface area (Å²) in [6, 6.07) is 23.0. The summed E-state index contributed by atoms with van der Waals surface area (Å²) in [4.78, 5) is 12.7. The highest BCUT2D eigenvalue weighted by Crippen LogP contribution is 2.26. The third-order valence-electron chi connectivity index (χ3n) is 4.64. The van der Waals surface area contributed by atoms with Crippen molar-refractivity contribution in [1.29, 1.82) is 0 Å². The Bertz CT molecular complexity index is 955. The van der Waals surface area contributed by atoms with Crippen molar-refractivity contribution in [2.75, 3.05) is 25.1 Å². The molecule has 0 aromatic heterocycles. The molecule has 0 radical (unpaired) electrons. The monoisotopic (exact) mass is 419 g/mol. The van der Waals surface area contributed by atoms with Crippen molar-refractivity contribution in [3.63, 3.8) is 0 Å². The number of anilines is 1.